The van der Waals surface area contributed by atoms with Crippen LogP contribution in [0.1, 0.15) is 38.8 Å². The second-order valence-corrected chi connectivity index (χ2v) is 7.22. The molecule has 5 N–H and O–H groups in total. The lowest BCUT2D eigenvalue weighted by atomic mass is 10.1. The molecule has 3 heterocycles. The number of piperidine rings is 1. The fourth-order valence-electron chi connectivity index (χ4n) is 3.28. The van der Waals surface area contributed by atoms with Crippen molar-refractivity contribution in [2.75, 3.05) is 48.4 Å². The predicted molar refractivity (Wildman–Crippen MR) is 121 cm³/mol. The van der Waals surface area contributed by atoms with Crippen LogP contribution in [0.2, 0.25) is 0 Å². The van der Waals surface area contributed by atoms with Crippen LogP contribution in [-0.2, 0) is 4.74 Å². The maximum atomic E-state index is 8.51. The molecule has 0 unspecified atom stereocenters. The van der Waals surface area contributed by atoms with Crippen LogP contribution in [0.3, 0.4) is 0 Å². The Labute approximate surface area is 178 Å². The van der Waals surface area contributed by atoms with Crippen LogP contribution in [0, 0.1) is 5.41 Å². The lowest BCUT2D eigenvalue weighted by Gasteiger charge is -2.31. The number of ether oxygens (including phenoxy) is 1. The summed E-state index contributed by atoms with van der Waals surface area (Å²) in [7, 11) is 0. The summed E-state index contributed by atoms with van der Waals surface area (Å²) in [6, 6.07) is 5.89. The van der Waals surface area contributed by atoms with E-state index in [0.717, 1.165) is 25.9 Å². The highest BCUT2D eigenvalue weighted by Gasteiger charge is 2.23. The fraction of sp³-hybridized carbons (Fsp3) is 0.524. The van der Waals surface area contributed by atoms with Gasteiger partial charge in [0.15, 0.2) is 5.82 Å². The topological polar surface area (TPSA) is 125 Å². The number of rotatable bonds is 10. The third-order valence-electron chi connectivity index (χ3n) is 5.02. The molecule has 0 amide bonds. The Morgan fingerprint density at radius 1 is 1.27 bits per heavy atom. The quantitative estimate of drug-likeness (QED) is 0.347. The van der Waals surface area contributed by atoms with Crippen molar-refractivity contribution in [3.05, 3.63) is 30.1 Å². The van der Waals surface area contributed by atoms with Crippen molar-refractivity contribution >= 4 is 29.0 Å². The van der Waals surface area contributed by atoms with Crippen molar-refractivity contribution in [3.63, 3.8) is 0 Å². The van der Waals surface area contributed by atoms with Crippen LogP contribution in [0.25, 0.3) is 0 Å². The van der Waals surface area contributed by atoms with E-state index in [1.54, 1.807) is 6.20 Å². The maximum absolute atomic E-state index is 8.51. The third kappa shape index (κ3) is 5.64. The molecule has 2 aromatic rings. The van der Waals surface area contributed by atoms with Crippen LogP contribution in [0.15, 0.2) is 24.4 Å². The average molecular weight is 413 g/mol. The highest BCUT2D eigenvalue weighted by molar-refractivity contribution is 6.03. The summed E-state index contributed by atoms with van der Waals surface area (Å²) >= 11 is 0. The summed E-state index contributed by atoms with van der Waals surface area (Å²) in [5.41, 5.74) is 7.82. The molecule has 2 aromatic heterocycles. The summed E-state index contributed by atoms with van der Waals surface area (Å²) < 4.78 is 5.46. The summed E-state index contributed by atoms with van der Waals surface area (Å²) in [6.45, 7) is 7.35. The lowest BCUT2D eigenvalue weighted by Crippen LogP contribution is -2.40. The first-order chi connectivity index (χ1) is 14.6. The molecule has 1 fully saturated rings. The molecule has 1 aliphatic rings. The van der Waals surface area contributed by atoms with Gasteiger partial charge in [-0.05, 0) is 38.3 Å². The molecule has 0 saturated carbocycles. The Hall–Kier alpha value is -2.78. The number of pyridine rings is 1. The van der Waals surface area contributed by atoms with Gasteiger partial charge in [0.1, 0.15) is 17.2 Å². The van der Waals surface area contributed by atoms with E-state index in [0.29, 0.717) is 60.9 Å². The molecule has 3 rings (SSSR count). The van der Waals surface area contributed by atoms with Crippen molar-refractivity contribution < 1.29 is 4.74 Å². The number of aromatic nitrogens is 3. The van der Waals surface area contributed by atoms with E-state index in [1.807, 2.05) is 32.0 Å². The lowest BCUT2D eigenvalue weighted by molar-refractivity contribution is 0.158. The minimum atomic E-state index is 0.222. The van der Waals surface area contributed by atoms with Crippen molar-refractivity contribution in [2.24, 2.45) is 5.73 Å². The second kappa shape index (κ2) is 10.8. The maximum Gasteiger partial charge on any atom is 0.228 e. The van der Waals surface area contributed by atoms with Crippen LogP contribution < -0.4 is 21.3 Å². The molecule has 1 aliphatic heterocycles. The number of hydrogen-bond acceptors (Lipinski definition) is 9. The third-order valence-corrected chi connectivity index (χ3v) is 5.02. The van der Waals surface area contributed by atoms with E-state index >= 15 is 0 Å². The monoisotopic (exact) mass is 412 g/mol. The standard InChI is InChI=1S/C21H32N8O/c1-3-16(23)18-19(25-11-14-30-4-2)20(26-17-7-5-6-10-24-17)28-21(27-18)29-12-8-15(22)9-13-29/h5-7,10,15,23,25H,3-4,8-9,11-14,22H2,1-2H3,(H,24,26,27,28). The largest absolute Gasteiger partial charge is 0.380 e. The highest BCUT2D eigenvalue weighted by Crippen LogP contribution is 2.30. The summed E-state index contributed by atoms with van der Waals surface area (Å²) in [4.78, 5) is 16.1. The van der Waals surface area contributed by atoms with Crippen molar-refractivity contribution in [3.8, 4) is 0 Å². The molecule has 0 aliphatic carbocycles. The molecular formula is C21H32N8O. The SMILES string of the molecule is CCOCCNc1c(Nc2ccccn2)nc(N2CCC(N)CC2)nc1C(=N)CC. The van der Waals surface area contributed by atoms with Crippen molar-refractivity contribution in [2.45, 2.75) is 39.2 Å². The Morgan fingerprint density at radius 3 is 2.73 bits per heavy atom. The molecule has 162 valence electrons. The first-order valence-electron chi connectivity index (χ1n) is 10.6. The van der Waals surface area contributed by atoms with Crippen LogP contribution in [0.5, 0.6) is 0 Å². The van der Waals surface area contributed by atoms with E-state index in [-0.39, 0.29) is 6.04 Å². The van der Waals surface area contributed by atoms with Gasteiger partial charge in [0.05, 0.1) is 12.3 Å². The van der Waals surface area contributed by atoms with E-state index in [4.69, 9.17) is 25.8 Å². The number of nitrogens with two attached hydrogens (primary N) is 1. The van der Waals surface area contributed by atoms with Gasteiger partial charge < -0.3 is 31.4 Å². The smallest absolute Gasteiger partial charge is 0.228 e. The zero-order valence-corrected chi connectivity index (χ0v) is 17.8. The Kier molecular flexibility index (Phi) is 7.92. The Morgan fingerprint density at radius 2 is 2.07 bits per heavy atom. The Balaban J connectivity index is 1.98. The van der Waals surface area contributed by atoms with E-state index in [1.165, 1.54) is 0 Å². The minimum Gasteiger partial charge on any atom is -0.380 e. The van der Waals surface area contributed by atoms with Gasteiger partial charge in [0, 0.05) is 38.5 Å². The van der Waals surface area contributed by atoms with Crippen molar-refractivity contribution in [1.82, 2.24) is 15.0 Å². The molecule has 0 spiro atoms. The van der Waals surface area contributed by atoms with E-state index < -0.39 is 0 Å². The van der Waals surface area contributed by atoms with Gasteiger partial charge in [-0.2, -0.15) is 4.98 Å². The van der Waals surface area contributed by atoms with Crippen molar-refractivity contribution in [1.29, 1.82) is 5.41 Å². The van der Waals surface area contributed by atoms with Crippen LogP contribution in [-0.4, -0.2) is 59.6 Å². The molecule has 1 saturated heterocycles. The molecule has 0 aromatic carbocycles. The van der Waals surface area contributed by atoms with E-state index in [9.17, 15) is 0 Å². The minimum absolute atomic E-state index is 0.222. The highest BCUT2D eigenvalue weighted by atomic mass is 16.5. The van der Waals surface area contributed by atoms with Gasteiger partial charge >= 0.3 is 0 Å². The molecular weight excluding hydrogens is 380 g/mol. The summed E-state index contributed by atoms with van der Waals surface area (Å²) in [5.74, 6) is 1.91. The normalized spacial score (nSPS) is 14.6. The first-order valence-corrected chi connectivity index (χ1v) is 10.6. The van der Waals surface area contributed by atoms with E-state index in [2.05, 4.69) is 20.5 Å². The Bertz CT molecular complexity index is 821. The number of nitrogens with one attached hydrogen (secondary N) is 3. The number of anilines is 4. The summed E-state index contributed by atoms with van der Waals surface area (Å²) in [5, 5.41) is 15.2. The van der Waals surface area contributed by atoms with Crippen LogP contribution >= 0.6 is 0 Å². The first kappa shape index (κ1) is 21.9. The predicted octanol–water partition coefficient (Wildman–Crippen LogP) is 2.77. The van der Waals surface area contributed by atoms with Gasteiger partial charge in [-0.25, -0.2) is 9.97 Å². The molecule has 30 heavy (non-hydrogen) atoms. The van der Waals surface area contributed by atoms with Gasteiger partial charge in [-0.3, -0.25) is 0 Å². The van der Waals surface area contributed by atoms with Gasteiger partial charge in [0.2, 0.25) is 5.95 Å². The zero-order valence-electron chi connectivity index (χ0n) is 17.8. The fourth-order valence-corrected chi connectivity index (χ4v) is 3.28. The molecule has 0 bridgehead atoms. The molecule has 9 heteroatoms. The van der Waals surface area contributed by atoms with Gasteiger partial charge in [0.25, 0.3) is 0 Å². The molecule has 0 radical (unpaired) electrons. The van der Waals surface area contributed by atoms with Gasteiger partial charge in [-0.1, -0.05) is 13.0 Å². The van der Waals surface area contributed by atoms with Gasteiger partial charge in [-0.15, -0.1) is 0 Å². The second-order valence-electron chi connectivity index (χ2n) is 7.22. The number of hydrogen-bond donors (Lipinski definition) is 4. The number of nitrogens with zero attached hydrogens (tertiary/aromatic N) is 4. The summed E-state index contributed by atoms with van der Waals surface area (Å²) in [6.07, 6.45) is 4.11. The zero-order chi connectivity index (χ0) is 21.3. The average Bonchev–Trinajstić information content (AvgIpc) is 2.78. The molecule has 0 atom stereocenters. The van der Waals surface area contributed by atoms with Crippen LogP contribution in [0.4, 0.5) is 23.3 Å². The molecule has 9 nitrogen and oxygen atoms in total.